The van der Waals surface area contributed by atoms with Crippen LogP contribution in [0.2, 0.25) is 0 Å². The minimum Gasteiger partial charge on any atom is -0.412 e. The molecule has 0 amide bonds. The molecule has 0 unspecified atom stereocenters. The fourth-order valence-corrected chi connectivity index (χ4v) is 0. The first kappa shape index (κ1) is 1750. The third-order valence-corrected chi connectivity index (χ3v) is 0. The summed E-state index contributed by atoms with van der Waals surface area (Å²) in [7, 11) is 0. The summed E-state index contributed by atoms with van der Waals surface area (Å²) in [5.74, 6) is 0. The monoisotopic (exact) mass is 145 g/mol. The summed E-state index contributed by atoms with van der Waals surface area (Å²) in [5.41, 5.74) is 0. The summed E-state index contributed by atoms with van der Waals surface area (Å²) in [4.78, 5) is 0. The maximum atomic E-state index is 0. The fraction of sp³-hybridized carbons (Fsp3) is 0. The summed E-state index contributed by atoms with van der Waals surface area (Å²) in [6.07, 6.45) is 0. The van der Waals surface area contributed by atoms with Crippen molar-refractivity contribution in [2.24, 2.45) is 0 Å². The van der Waals surface area contributed by atoms with Gasteiger partial charge in [-0.25, -0.2) is 0 Å². The molecule has 0 aromatic heterocycles. The van der Waals surface area contributed by atoms with E-state index in [2.05, 4.69) is 0 Å². The first-order chi connectivity index (χ1) is 0. The first-order valence-electron chi connectivity index (χ1n) is 0. The van der Waals surface area contributed by atoms with Crippen LogP contribution in [0.5, 0.6) is 0 Å². The second-order valence-corrected chi connectivity index (χ2v) is 0. The van der Waals surface area contributed by atoms with E-state index in [0.29, 0.717) is 0 Å². The molecule has 6 heavy (non-hydrogen) atoms. The average molecular weight is 145 g/mol. The van der Waals surface area contributed by atoms with E-state index in [9.17, 15) is 0 Å². The van der Waals surface area contributed by atoms with Crippen molar-refractivity contribution in [1.29, 1.82) is 0 Å². The van der Waals surface area contributed by atoms with Gasteiger partial charge in [-0.3, -0.25) is 0 Å². The zero-order valence-corrected chi connectivity index (χ0v) is 4.06. The molecule has 10 N–H and O–H groups in total. The number of hydrogen-bond donors (Lipinski definition) is 0. The Hall–Kier alpha value is 0.319. The van der Waals surface area contributed by atoms with E-state index >= 15 is 0 Å². The summed E-state index contributed by atoms with van der Waals surface area (Å²) in [6.45, 7) is 0. The molecule has 45 valence electrons. The second-order valence-electron chi connectivity index (χ2n) is 0. The van der Waals surface area contributed by atoms with Gasteiger partial charge in [0.05, 0.1) is 0 Å². The zero-order chi connectivity index (χ0) is 0. The molecule has 0 fully saturated rings. The van der Waals surface area contributed by atoms with Crippen LogP contribution in [0.15, 0.2) is 0 Å². The molecule has 0 spiro atoms. The normalized spacial score (nSPS) is 0. The van der Waals surface area contributed by atoms with Crippen LogP contribution in [-0.2, 0) is 17.1 Å². The van der Waals surface area contributed by atoms with Crippen LogP contribution in [0, 0.1) is 0 Å². The minimum absolute atomic E-state index is 0. The SMILES string of the molecule is O.O.O.O.O.[Mn+2]. The molecule has 0 heterocycles. The molecular formula is H10MnO5+2. The van der Waals surface area contributed by atoms with E-state index in [4.69, 9.17) is 0 Å². The van der Waals surface area contributed by atoms with Gasteiger partial charge >= 0.3 is 17.1 Å². The van der Waals surface area contributed by atoms with Gasteiger partial charge in [-0.05, 0) is 0 Å². The van der Waals surface area contributed by atoms with E-state index in [-0.39, 0.29) is 44.4 Å². The van der Waals surface area contributed by atoms with Crippen molar-refractivity contribution in [3.8, 4) is 0 Å². The van der Waals surface area contributed by atoms with E-state index < -0.39 is 0 Å². The molecule has 0 atom stereocenters. The fourth-order valence-electron chi connectivity index (χ4n) is 0. The van der Waals surface area contributed by atoms with Gasteiger partial charge in [0.2, 0.25) is 0 Å². The van der Waals surface area contributed by atoms with Crippen molar-refractivity contribution >= 4 is 0 Å². The van der Waals surface area contributed by atoms with E-state index in [1.165, 1.54) is 0 Å². The number of hydrogen-bond acceptors (Lipinski definition) is 0. The summed E-state index contributed by atoms with van der Waals surface area (Å²) in [5, 5.41) is 0. The van der Waals surface area contributed by atoms with Crippen LogP contribution >= 0.6 is 0 Å². The second kappa shape index (κ2) is 972. The molecule has 5 nitrogen and oxygen atoms in total. The molecule has 6 heteroatoms. The Kier molecular flexibility index (Phi) is 284000. The standard InChI is InChI=1S/Mn.5H2O/h;5*1H2/q+2;;;;;. The zero-order valence-electron chi connectivity index (χ0n) is 2.88. The summed E-state index contributed by atoms with van der Waals surface area (Å²) >= 11 is 0. The Morgan fingerprint density at radius 2 is 0.333 bits per heavy atom. The molecular weight excluding hydrogens is 135 g/mol. The molecule has 0 rings (SSSR count). The smallest absolute Gasteiger partial charge is 0.412 e. The largest absolute Gasteiger partial charge is 2.00 e. The Morgan fingerprint density at radius 1 is 0.333 bits per heavy atom. The van der Waals surface area contributed by atoms with E-state index in [0.717, 1.165) is 0 Å². The van der Waals surface area contributed by atoms with Crippen molar-refractivity contribution in [1.82, 2.24) is 0 Å². The van der Waals surface area contributed by atoms with Gasteiger partial charge < -0.3 is 27.4 Å². The van der Waals surface area contributed by atoms with E-state index in [1.54, 1.807) is 0 Å². The van der Waals surface area contributed by atoms with Gasteiger partial charge in [0, 0.05) is 0 Å². The van der Waals surface area contributed by atoms with Crippen LogP contribution in [0.25, 0.3) is 0 Å². The molecule has 0 aliphatic rings. The molecule has 1 radical (unpaired) electrons. The van der Waals surface area contributed by atoms with Crippen LogP contribution in [0.1, 0.15) is 0 Å². The van der Waals surface area contributed by atoms with Crippen molar-refractivity contribution in [3.63, 3.8) is 0 Å². The van der Waals surface area contributed by atoms with Crippen LogP contribution in [0.4, 0.5) is 0 Å². The Balaban J connectivity index is 0. The van der Waals surface area contributed by atoms with Crippen LogP contribution < -0.4 is 0 Å². The molecule has 0 bridgehead atoms. The molecule has 0 aromatic rings. The Morgan fingerprint density at radius 3 is 0.333 bits per heavy atom. The topological polar surface area (TPSA) is 158 Å². The van der Waals surface area contributed by atoms with Gasteiger partial charge in [-0.1, -0.05) is 0 Å². The predicted octanol–water partition coefficient (Wildman–Crippen LogP) is -4.13. The third kappa shape index (κ3) is 466. The van der Waals surface area contributed by atoms with Gasteiger partial charge in [0.25, 0.3) is 0 Å². The van der Waals surface area contributed by atoms with Crippen LogP contribution in [0.3, 0.4) is 0 Å². The number of rotatable bonds is 0. The predicted molar refractivity (Wildman–Crippen MR) is 18.1 cm³/mol. The quantitative estimate of drug-likeness (QED) is 0.303. The van der Waals surface area contributed by atoms with Crippen molar-refractivity contribution < 1.29 is 44.4 Å². The molecule has 0 saturated heterocycles. The minimum atomic E-state index is 0. The van der Waals surface area contributed by atoms with E-state index in [1.807, 2.05) is 0 Å². The summed E-state index contributed by atoms with van der Waals surface area (Å²) < 4.78 is 0. The average Bonchev–Trinajstić information content (AvgIpc) is 0. The Labute approximate surface area is 45.4 Å². The maximum absolute atomic E-state index is 0. The van der Waals surface area contributed by atoms with Gasteiger partial charge in [0.15, 0.2) is 0 Å². The Bertz CT molecular complexity index is 3.90. The van der Waals surface area contributed by atoms with Gasteiger partial charge in [0.1, 0.15) is 0 Å². The van der Waals surface area contributed by atoms with Gasteiger partial charge in [-0.2, -0.15) is 0 Å². The maximum Gasteiger partial charge on any atom is 2.00 e. The molecule has 0 aromatic carbocycles. The first-order valence-corrected chi connectivity index (χ1v) is 0. The van der Waals surface area contributed by atoms with Gasteiger partial charge in [-0.15, -0.1) is 0 Å². The van der Waals surface area contributed by atoms with Crippen molar-refractivity contribution in [3.05, 3.63) is 0 Å². The molecule has 0 aliphatic carbocycles. The van der Waals surface area contributed by atoms with Crippen LogP contribution in [-0.4, -0.2) is 27.4 Å². The summed E-state index contributed by atoms with van der Waals surface area (Å²) in [6, 6.07) is 0. The third-order valence-electron chi connectivity index (χ3n) is 0. The molecule has 0 saturated carbocycles. The van der Waals surface area contributed by atoms with Crippen molar-refractivity contribution in [2.45, 2.75) is 0 Å². The molecule has 0 aliphatic heterocycles. The van der Waals surface area contributed by atoms with Crippen molar-refractivity contribution in [2.75, 3.05) is 0 Å².